The molecular formula is C9H16N2. The monoisotopic (exact) mass is 152 g/mol. The van der Waals surface area contributed by atoms with Crippen molar-refractivity contribution in [2.75, 3.05) is 19.6 Å². The van der Waals surface area contributed by atoms with Gasteiger partial charge in [0, 0.05) is 6.54 Å². The van der Waals surface area contributed by atoms with E-state index in [1.165, 1.54) is 6.42 Å². The molecular weight excluding hydrogens is 136 g/mol. The summed E-state index contributed by atoms with van der Waals surface area (Å²) < 4.78 is 0. The van der Waals surface area contributed by atoms with Crippen molar-refractivity contribution in [3.63, 3.8) is 0 Å². The highest BCUT2D eigenvalue weighted by Gasteiger charge is 2.23. The number of terminal acetylenes is 1. The first kappa shape index (κ1) is 8.58. The maximum Gasteiger partial charge on any atom is 0.0683 e. The van der Waals surface area contributed by atoms with Crippen molar-refractivity contribution in [2.45, 2.75) is 19.4 Å². The fourth-order valence-electron chi connectivity index (χ4n) is 1.51. The maximum absolute atomic E-state index is 5.56. The van der Waals surface area contributed by atoms with E-state index in [2.05, 4.69) is 17.7 Å². The smallest absolute Gasteiger partial charge is 0.0683 e. The van der Waals surface area contributed by atoms with Crippen LogP contribution in [0, 0.1) is 18.3 Å². The van der Waals surface area contributed by atoms with E-state index < -0.39 is 0 Å². The van der Waals surface area contributed by atoms with E-state index in [-0.39, 0.29) is 6.04 Å². The normalized spacial score (nSPS) is 28.3. The second-order valence-corrected chi connectivity index (χ2v) is 3.23. The molecule has 2 unspecified atom stereocenters. The van der Waals surface area contributed by atoms with Gasteiger partial charge in [-0.05, 0) is 32.4 Å². The molecule has 1 aliphatic rings. The topological polar surface area (TPSA) is 29.3 Å². The average Bonchev–Trinajstić information content (AvgIpc) is 2.50. The van der Waals surface area contributed by atoms with E-state index in [0.29, 0.717) is 5.92 Å². The minimum Gasteiger partial charge on any atom is -0.330 e. The summed E-state index contributed by atoms with van der Waals surface area (Å²) in [6, 6.07) is 0.284. The van der Waals surface area contributed by atoms with Crippen molar-refractivity contribution in [3.05, 3.63) is 0 Å². The highest BCUT2D eigenvalue weighted by Crippen LogP contribution is 2.16. The summed E-state index contributed by atoms with van der Waals surface area (Å²) in [5, 5.41) is 0. The quantitative estimate of drug-likeness (QED) is 0.576. The minimum absolute atomic E-state index is 0.284. The van der Waals surface area contributed by atoms with Crippen LogP contribution < -0.4 is 5.73 Å². The summed E-state index contributed by atoms with van der Waals surface area (Å²) in [6.07, 6.45) is 6.53. The summed E-state index contributed by atoms with van der Waals surface area (Å²) in [6.45, 7) is 5.07. The Morgan fingerprint density at radius 3 is 3.00 bits per heavy atom. The number of hydrogen-bond acceptors (Lipinski definition) is 2. The molecule has 1 aliphatic heterocycles. The molecule has 2 atom stereocenters. The van der Waals surface area contributed by atoms with Crippen molar-refractivity contribution < 1.29 is 0 Å². The van der Waals surface area contributed by atoms with Crippen molar-refractivity contribution in [1.29, 1.82) is 0 Å². The zero-order chi connectivity index (χ0) is 8.27. The van der Waals surface area contributed by atoms with Crippen LogP contribution >= 0.6 is 0 Å². The van der Waals surface area contributed by atoms with Gasteiger partial charge in [-0.25, -0.2) is 0 Å². The van der Waals surface area contributed by atoms with Crippen molar-refractivity contribution in [1.82, 2.24) is 4.90 Å². The second-order valence-electron chi connectivity index (χ2n) is 3.23. The molecule has 0 aromatic carbocycles. The summed E-state index contributed by atoms with van der Waals surface area (Å²) in [5.41, 5.74) is 5.56. The molecule has 2 N–H and O–H groups in total. The van der Waals surface area contributed by atoms with Gasteiger partial charge < -0.3 is 5.73 Å². The number of hydrogen-bond donors (Lipinski definition) is 1. The summed E-state index contributed by atoms with van der Waals surface area (Å²) in [4.78, 5) is 2.32. The summed E-state index contributed by atoms with van der Waals surface area (Å²) in [5.74, 6) is 3.41. The lowest BCUT2D eigenvalue weighted by Crippen LogP contribution is -2.30. The molecule has 0 aliphatic carbocycles. The molecule has 2 heteroatoms. The molecule has 0 amide bonds. The first-order valence-corrected chi connectivity index (χ1v) is 4.18. The lowest BCUT2D eigenvalue weighted by molar-refractivity contribution is 0.296. The van der Waals surface area contributed by atoms with Gasteiger partial charge in [0.2, 0.25) is 0 Å². The van der Waals surface area contributed by atoms with E-state index in [4.69, 9.17) is 12.2 Å². The minimum atomic E-state index is 0.284. The number of likely N-dealkylation sites (tertiary alicyclic amines) is 1. The molecule has 2 nitrogen and oxygen atoms in total. The second kappa shape index (κ2) is 3.75. The fraction of sp³-hybridized carbons (Fsp3) is 0.778. The van der Waals surface area contributed by atoms with E-state index in [1.54, 1.807) is 0 Å². The van der Waals surface area contributed by atoms with Crippen LogP contribution in [0.1, 0.15) is 13.3 Å². The largest absolute Gasteiger partial charge is 0.330 e. The molecule has 0 spiro atoms. The van der Waals surface area contributed by atoms with Gasteiger partial charge in [0.05, 0.1) is 6.04 Å². The lowest BCUT2D eigenvalue weighted by atomic mass is 10.1. The Bertz CT molecular complexity index is 159. The molecule has 1 fully saturated rings. The predicted octanol–water partition coefficient (Wildman–Crippen LogP) is 0.289. The molecule has 0 aromatic rings. The van der Waals surface area contributed by atoms with E-state index in [1.807, 2.05) is 0 Å². The Labute approximate surface area is 68.8 Å². The van der Waals surface area contributed by atoms with E-state index in [0.717, 1.165) is 19.6 Å². The molecule has 1 heterocycles. The van der Waals surface area contributed by atoms with Crippen LogP contribution in [0.5, 0.6) is 0 Å². The third-order valence-corrected chi connectivity index (χ3v) is 2.44. The molecule has 0 radical (unpaired) electrons. The maximum atomic E-state index is 5.56. The van der Waals surface area contributed by atoms with Gasteiger partial charge in [0.1, 0.15) is 0 Å². The summed E-state index contributed by atoms with van der Waals surface area (Å²) >= 11 is 0. The third-order valence-electron chi connectivity index (χ3n) is 2.44. The van der Waals surface area contributed by atoms with E-state index >= 15 is 0 Å². The lowest BCUT2D eigenvalue weighted by Gasteiger charge is -2.18. The third kappa shape index (κ3) is 1.95. The van der Waals surface area contributed by atoms with Gasteiger partial charge >= 0.3 is 0 Å². The van der Waals surface area contributed by atoms with Crippen LogP contribution in [-0.4, -0.2) is 30.6 Å². The summed E-state index contributed by atoms with van der Waals surface area (Å²) in [7, 11) is 0. The SMILES string of the molecule is C#CC(C)N1CCC(CN)C1. The zero-order valence-corrected chi connectivity index (χ0v) is 7.09. The van der Waals surface area contributed by atoms with Crippen molar-refractivity contribution >= 4 is 0 Å². The Hall–Kier alpha value is -0.520. The van der Waals surface area contributed by atoms with Crippen LogP contribution in [-0.2, 0) is 0 Å². The van der Waals surface area contributed by atoms with Gasteiger partial charge in [-0.2, -0.15) is 0 Å². The van der Waals surface area contributed by atoms with Crippen LogP contribution in [0.3, 0.4) is 0 Å². The Balaban J connectivity index is 2.36. The Kier molecular flexibility index (Phi) is 2.92. The highest BCUT2D eigenvalue weighted by molar-refractivity contribution is 4.99. The molecule has 62 valence electrons. The number of rotatable bonds is 2. The van der Waals surface area contributed by atoms with E-state index in [9.17, 15) is 0 Å². The molecule has 1 rings (SSSR count). The van der Waals surface area contributed by atoms with Gasteiger partial charge in [-0.1, -0.05) is 5.92 Å². The number of nitrogens with two attached hydrogens (primary N) is 1. The standard InChI is InChI=1S/C9H16N2/c1-3-8(2)11-5-4-9(6-10)7-11/h1,8-9H,4-7,10H2,2H3. The van der Waals surface area contributed by atoms with Gasteiger partial charge in [-0.3, -0.25) is 4.90 Å². The highest BCUT2D eigenvalue weighted by atomic mass is 15.2. The Morgan fingerprint density at radius 1 is 1.82 bits per heavy atom. The predicted molar refractivity (Wildman–Crippen MR) is 47.0 cm³/mol. The number of nitrogens with zero attached hydrogens (tertiary/aromatic N) is 1. The Morgan fingerprint density at radius 2 is 2.55 bits per heavy atom. The van der Waals surface area contributed by atoms with Gasteiger partial charge in [0.15, 0.2) is 0 Å². The molecule has 0 aromatic heterocycles. The van der Waals surface area contributed by atoms with Crippen LogP contribution in [0.4, 0.5) is 0 Å². The van der Waals surface area contributed by atoms with Crippen molar-refractivity contribution in [3.8, 4) is 12.3 Å². The molecule has 0 saturated carbocycles. The first-order chi connectivity index (χ1) is 5.27. The average molecular weight is 152 g/mol. The zero-order valence-electron chi connectivity index (χ0n) is 7.09. The molecule has 1 saturated heterocycles. The fourth-order valence-corrected chi connectivity index (χ4v) is 1.51. The van der Waals surface area contributed by atoms with Gasteiger partial charge in [-0.15, -0.1) is 6.42 Å². The first-order valence-electron chi connectivity index (χ1n) is 4.18. The molecule has 11 heavy (non-hydrogen) atoms. The van der Waals surface area contributed by atoms with Crippen molar-refractivity contribution in [2.24, 2.45) is 11.7 Å². The van der Waals surface area contributed by atoms with Crippen LogP contribution in [0.25, 0.3) is 0 Å². The molecule has 0 bridgehead atoms. The van der Waals surface area contributed by atoms with Gasteiger partial charge in [0.25, 0.3) is 0 Å². The van der Waals surface area contributed by atoms with Crippen LogP contribution in [0.15, 0.2) is 0 Å². The van der Waals surface area contributed by atoms with Crippen LogP contribution in [0.2, 0.25) is 0 Å².